The molecule has 0 saturated heterocycles. The zero-order chi connectivity index (χ0) is 16.1. The van der Waals surface area contributed by atoms with Gasteiger partial charge >= 0.3 is 0 Å². The molecule has 0 aliphatic rings. The molecule has 0 atom stereocenters. The van der Waals surface area contributed by atoms with Crippen LogP contribution in [-0.2, 0) is 13.0 Å². The van der Waals surface area contributed by atoms with Crippen LogP contribution in [0.4, 0.5) is 5.82 Å². The van der Waals surface area contributed by atoms with Crippen LogP contribution in [0.5, 0.6) is 0 Å². The van der Waals surface area contributed by atoms with Gasteiger partial charge in [-0.1, -0.05) is 6.92 Å². The zero-order valence-electron chi connectivity index (χ0n) is 13.4. The van der Waals surface area contributed by atoms with E-state index in [0.717, 1.165) is 48.0 Å². The van der Waals surface area contributed by atoms with Gasteiger partial charge in [0.1, 0.15) is 5.82 Å². The van der Waals surface area contributed by atoms with Crippen molar-refractivity contribution in [2.75, 3.05) is 11.4 Å². The Morgan fingerprint density at radius 3 is 2.57 bits per heavy atom. The maximum absolute atomic E-state index is 5.17. The second-order valence-corrected chi connectivity index (χ2v) is 5.28. The van der Waals surface area contributed by atoms with Crippen molar-refractivity contribution in [3.63, 3.8) is 0 Å². The number of aryl methyl sites for hydroxylation is 1. The molecule has 23 heavy (non-hydrogen) atoms. The number of furan rings is 1. The summed E-state index contributed by atoms with van der Waals surface area (Å²) >= 11 is 0. The predicted octanol–water partition coefficient (Wildman–Crippen LogP) is 3.72. The molecule has 0 spiro atoms. The van der Waals surface area contributed by atoms with Gasteiger partial charge in [-0.25, -0.2) is 9.97 Å². The summed E-state index contributed by atoms with van der Waals surface area (Å²) < 4.78 is 5.17. The van der Waals surface area contributed by atoms with Crippen molar-refractivity contribution < 1.29 is 4.42 Å². The quantitative estimate of drug-likeness (QED) is 0.694. The van der Waals surface area contributed by atoms with Crippen LogP contribution in [-0.4, -0.2) is 21.5 Å². The molecule has 5 nitrogen and oxygen atoms in total. The molecule has 0 radical (unpaired) electrons. The Morgan fingerprint density at radius 1 is 1.09 bits per heavy atom. The summed E-state index contributed by atoms with van der Waals surface area (Å²) in [5.74, 6) is 1.68. The van der Waals surface area contributed by atoms with Gasteiger partial charge in [0.05, 0.1) is 12.5 Å². The van der Waals surface area contributed by atoms with E-state index >= 15 is 0 Å². The van der Waals surface area contributed by atoms with Gasteiger partial charge in [0.15, 0.2) is 5.82 Å². The number of hydrogen-bond donors (Lipinski definition) is 0. The van der Waals surface area contributed by atoms with Crippen LogP contribution in [0.15, 0.2) is 53.6 Å². The highest BCUT2D eigenvalue weighted by Gasteiger charge is 2.12. The van der Waals surface area contributed by atoms with Gasteiger partial charge < -0.3 is 9.32 Å². The maximum atomic E-state index is 5.17. The molecular weight excluding hydrogens is 288 g/mol. The van der Waals surface area contributed by atoms with Crippen LogP contribution in [0.1, 0.15) is 25.1 Å². The van der Waals surface area contributed by atoms with Gasteiger partial charge in [-0.2, -0.15) is 0 Å². The number of nitrogens with zero attached hydrogens (tertiary/aromatic N) is 4. The molecule has 0 unspecified atom stereocenters. The van der Waals surface area contributed by atoms with Crippen LogP contribution in [0.3, 0.4) is 0 Å². The van der Waals surface area contributed by atoms with E-state index in [2.05, 4.69) is 34.8 Å². The normalized spacial score (nSPS) is 10.7. The van der Waals surface area contributed by atoms with Crippen molar-refractivity contribution >= 4 is 5.82 Å². The van der Waals surface area contributed by atoms with E-state index in [1.54, 1.807) is 24.9 Å². The van der Waals surface area contributed by atoms with Gasteiger partial charge in [0.2, 0.25) is 0 Å². The molecule has 0 saturated carbocycles. The predicted molar refractivity (Wildman–Crippen MR) is 90.1 cm³/mol. The number of hydrogen-bond acceptors (Lipinski definition) is 5. The standard InChI is InChI=1S/C18H20N4O/c1-3-16-11-17(22(4-2)12-14-7-10-23-13-14)21-18(20-16)15-5-8-19-9-6-15/h5-11,13H,3-4,12H2,1-2H3. The molecule has 0 aromatic carbocycles. The summed E-state index contributed by atoms with van der Waals surface area (Å²) in [7, 11) is 0. The lowest BCUT2D eigenvalue weighted by atomic mass is 10.2. The number of pyridine rings is 1. The van der Waals surface area contributed by atoms with Gasteiger partial charge in [0.25, 0.3) is 0 Å². The molecule has 0 N–H and O–H groups in total. The number of aromatic nitrogens is 3. The van der Waals surface area contributed by atoms with Crippen molar-refractivity contribution in [3.05, 3.63) is 60.4 Å². The van der Waals surface area contributed by atoms with E-state index in [0.29, 0.717) is 0 Å². The van der Waals surface area contributed by atoms with Crippen molar-refractivity contribution in [1.29, 1.82) is 0 Å². The summed E-state index contributed by atoms with van der Waals surface area (Å²) in [6.45, 7) is 5.86. The fourth-order valence-corrected chi connectivity index (χ4v) is 2.41. The smallest absolute Gasteiger partial charge is 0.161 e. The van der Waals surface area contributed by atoms with Crippen LogP contribution in [0, 0.1) is 0 Å². The second kappa shape index (κ2) is 7.05. The highest BCUT2D eigenvalue weighted by atomic mass is 16.3. The molecule has 0 aliphatic carbocycles. The van der Waals surface area contributed by atoms with Gasteiger partial charge in [0, 0.05) is 48.4 Å². The highest BCUT2D eigenvalue weighted by molar-refractivity contribution is 5.57. The Morgan fingerprint density at radius 2 is 1.91 bits per heavy atom. The monoisotopic (exact) mass is 308 g/mol. The van der Waals surface area contributed by atoms with E-state index < -0.39 is 0 Å². The van der Waals surface area contributed by atoms with Crippen LogP contribution >= 0.6 is 0 Å². The third-order valence-corrected chi connectivity index (χ3v) is 3.73. The molecule has 0 amide bonds. The molecule has 3 aromatic rings. The molecule has 3 rings (SSSR count). The van der Waals surface area contributed by atoms with Gasteiger partial charge in [-0.05, 0) is 31.5 Å². The fourth-order valence-electron chi connectivity index (χ4n) is 2.41. The van der Waals surface area contributed by atoms with E-state index in [4.69, 9.17) is 9.40 Å². The molecule has 0 fully saturated rings. The SMILES string of the molecule is CCc1cc(N(CC)Cc2ccoc2)nc(-c2ccncc2)n1. The average Bonchev–Trinajstić information content (AvgIpc) is 3.13. The number of anilines is 1. The molecular formula is C18H20N4O. The maximum Gasteiger partial charge on any atom is 0.161 e. The Labute approximate surface area is 136 Å². The third kappa shape index (κ3) is 3.56. The summed E-state index contributed by atoms with van der Waals surface area (Å²) in [4.78, 5) is 15.7. The molecule has 118 valence electrons. The summed E-state index contributed by atoms with van der Waals surface area (Å²) in [6.07, 6.45) is 7.87. The van der Waals surface area contributed by atoms with E-state index in [1.165, 1.54) is 0 Å². The van der Waals surface area contributed by atoms with E-state index in [9.17, 15) is 0 Å². The van der Waals surface area contributed by atoms with Gasteiger partial charge in [-0.15, -0.1) is 0 Å². The first-order valence-electron chi connectivity index (χ1n) is 7.84. The Kier molecular flexibility index (Phi) is 4.66. The molecule has 0 aliphatic heterocycles. The van der Waals surface area contributed by atoms with Gasteiger partial charge in [-0.3, -0.25) is 4.98 Å². The summed E-state index contributed by atoms with van der Waals surface area (Å²) in [5.41, 5.74) is 3.15. The Bertz CT molecular complexity index is 741. The minimum atomic E-state index is 0.743. The fraction of sp³-hybridized carbons (Fsp3) is 0.278. The average molecular weight is 308 g/mol. The lowest BCUT2D eigenvalue weighted by Crippen LogP contribution is -2.23. The van der Waals surface area contributed by atoms with Crippen molar-refractivity contribution in [1.82, 2.24) is 15.0 Å². The molecule has 3 aromatic heterocycles. The Balaban J connectivity index is 1.97. The van der Waals surface area contributed by atoms with Crippen molar-refractivity contribution in [2.45, 2.75) is 26.8 Å². The van der Waals surface area contributed by atoms with Crippen LogP contribution in [0.2, 0.25) is 0 Å². The first-order valence-corrected chi connectivity index (χ1v) is 7.84. The number of rotatable bonds is 6. The first-order chi connectivity index (χ1) is 11.3. The van der Waals surface area contributed by atoms with Crippen molar-refractivity contribution in [3.8, 4) is 11.4 Å². The zero-order valence-corrected chi connectivity index (χ0v) is 13.4. The van der Waals surface area contributed by atoms with Crippen molar-refractivity contribution in [2.24, 2.45) is 0 Å². The van der Waals surface area contributed by atoms with Crippen LogP contribution in [0.25, 0.3) is 11.4 Å². The lowest BCUT2D eigenvalue weighted by Gasteiger charge is -2.22. The molecule has 3 heterocycles. The Hall–Kier alpha value is -2.69. The van der Waals surface area contributed by atoms with E-state index in [1.807, 2.05) is 18.2 Å². The lowest BCUT2D eigenvalue weighted by molar-refractivity contribution is 0.563. The third-order valence-electron chi connectivity index (χ3n) is 3.73. The van der Waals surface area contributed by atoms with E-state index in [-0.39, 0.29) is 0 Å². The minimum Gasteiger partial charge on any atom is -0.472 e. The molecule has 5 heteroatoms. The highest BCUT2D eigenvalue weighted by Crippen LogP contribution is 2.21. The summed E-state index contributed by atoms with van der Waals surface area (Å²) in [5, 5.41) is 0. The summed E-state index contributed by atoms with van der Waals surface area (Å²) in [6, 6.07) is 7.92. The topological polar surface area (TPSA) is 55.1 Å². The minimum absolute atomic E-state index is 0.743. The second-order valence-electron chi connectivity index (χ2n) is 5.28. The molecule has 0 bridgehead atoms. The largest absolute Gasteiger partial charge is 0.472 e. The first kappa shape index (κ1) is 15.2. The van der Waals surface area contributed by atoms with Crippen LogP contribution < -0.4 is 4.90 Å².